The first kappa shape index (κ1) is 14.5. The first-order valence-electron chi connectivity index (χ1n) is 6.17. The molecule has 0 aliphatic carbocycles. The number of nitrogens with zero attached hydrogens (tertiary/aromatic N) is 2. The molecule has 1 aromatic rings. The van der Waals surface area contributed by atoms with E-state index < -0.39 is 10.0 Å². The zero-order valence-corrected chi connectivity index (χ0v) is 12.1. The number of piperazine rings is 1. The van der Waals surface area contributed by atoms with Gasteiger partial charge in [0.2, 0.25) is 10.0 Å². The minimum Gasteiger partial charge on any atom is -0.297 e. The maximum atomic E-state index is 12.4. The summed E-state index contributed by atoms with van der Waals surface area (Å²) in [6.45, 7) is 3.27. The molecule has 0 spiro atoms. The molecule has 0 bridgehead atoms. The summed E-state index contributed by atoms with van der Waals surface area (Å²) in [4.78, 5) is 2.54. The minimum atomic E-state index is -3.34. The van der Waals surface area contributed by atoms with Crippen molar-refractivity contribution in [1.29, 1.82) is 0 Å². The number of hydrogen-bond donors (Lipinski definition) is 0. The molecule has 1 fully saturated rings. The second-order valence-electron chi connectivity index (χ2n) is 4.38. The van der Waals surface area contributed by atoms with E-state index in [1.165, 1.54) is 5.54 Å². The molecule has 1 aromatic carbocycles. The highest BCUT2D eigenvalue weighted by Gasteiger charge is 2.27. The molecule has 1 aliphatic heterocycles. The normalized spacial score (nSPS) is 19.0. The Balaban J connectivity index is 2.01. The highest BCUT2D eigenvalue weighted by Crippen LogP contribution is 2.16. The van der Waals surface area contributed by atoms with Crippen molar-refractivity contribution < 1.29 is 8.42 Å². The Morgan fingerprint density at radius 3 is 2.32 bits per heavy atom. The van der Waals surface area contributed by atoms with Gasteiger partial charge in [-0.25, -0.2) is 8.42 Å². The summed E-state index contributed by atoms with van der Waals surface area (Å²) in [7, 11) is -3.34. The van der Waals surface area contributed by atoms with E-state index in [2.05, 4.69) is 4.90 Å². The third-order valence-corrected chi connectivity index (χ3v) is 5.26. The van der Waals surface area contributed by atoms with Gasteiger partial charge in [-0.2, -0.15) is 4.31 Å². The Labute approximate surface area is 119 Å². The number of benzene rings is 1. The molecular weight excluding hydrogens is 284 g/mol. The summed E-state index contributed by atoms with van der Waals surface area (Å²) in [5, 5.41) is 0. The molecule has 2 rings (SSSR count). The Kier molecular flexibility index (Phi) is 4.99. The average Bonchev–Trinajstić information content (AvgIpc) is 2.46. The lowest BCUT2D eigenvalue weighted by molar-refractivity contribution is 0.204. The molecule has 19 heavy (non-hydrogen) atoms. The predicted octanol–water partition coefficient (Wildman–Crippen LogP) is 1.75. The van der Waals surface area contributed by atoms with Crippen molar-refractivity contribution in [2.75, 3.05) is 32.7 Å². The summed E-state index contributed by atoms with van der Waals surface area (Å²) in [6, 6.07) is 8.58. The molecule has 1 aliphatic rings. The van der Waals surface area contributed by atoms with E-state index >= 15 is 0 Å². The van der Waals surface area contributed by atoms with Crippen LogP contribution in [0.15, 0.2) is 46.8 Å². The van der Waals surface area contributed by atoms with Crippen LogP contribution in [0.4, 0.5) is 0 Å². The van der Waals surface area contributed by atoms with E-state index in [-0.39, 0.29) is 0 Å². The van der Waals surface area contributed by atoms with Gasteiger partial charge in [0.15, 0.2) is 0 Å². The smallest absolute Gasteiger partial charge is 0.243 e. The van der Waals surface area contributed by atoms with Crippen LogP contribution in [-0.2, 0) is 10.0 Å². The maximum Gasteiger partial charge on any atom is 0.243 e. The van der Waals surface area contributed by atoms with Gasteiger partial charge in [-0.1, -0.05) is 35.9 Å². The van der Waals surface area contributed by atoms with E-state index in [1.54, 1.807) is 28.6 Å². The fraction of sp³-hybridized carbons (Fsp3) is 0.385. The van der Waals surface area contributed by atoms with Crippen LogP contribution >= 0.6 is 11.6 Å². The van der Waals surface area contributed by atoms with Gasteiger partial charge in [0.05, 0.1) is 4.90 Å². The number of rotatable bonds is 4. The van der Waals surface area contributed by atoms with E-state index in [0.717, 1.165) is 19.6 Å². The predicted molar refractivity (Wildman–Crippen MR) is 76.6 cm³/mol. The SMILES string of the molecule is O=S(=O)(c1ccccc1)N1CCN(C/C=C/Cl)CC1. The van der Waals surface area contributed by atoms with Crippen LogP contribution in [0.2, 0.25) is 0 Å². The van der Waals surface area contributed by atoms with Crippen LogP contribution in [0.1, 0.15) is 0 Å². The topological polar surface area (TPSA) is 40.6 Å². The zero-order chi connectivity index (χ0) is 13.7. The Morgan fingerprint density at radius 2 is 1.74 bits per heavy atom. The largest absolute Gasteiger partial charge is 0.297 e. The zero-order valence-electron chi connectivity index (χ0n) is 10.6. The molecule has 1 heterocycles. The van der Waals surface area contributed by atoms with Crippen LogP contribution in [0.25, 0.3) is 0 Å². The lowest BCUT2D eigenvalue weighted by Gasteiger charge is -2.33. The van der Waals surface area contributed by atoms with Gasteiger partial charge in [-0.05, 0) is 12.1 Å². The van der Waals surface area contributed by atoms with Crippen molar-refractivity contribution in [3.05, 3.63) is 41.9 Å². The van der Waals surface area contributed by atoms with Crippen LogP contribution in [0.3, 0.4) is 0 Å². The van der Waals surface area contributed by atoms with Crippen molar-refractivity contribution in [2.24, 2.45) is 0 Å². The standard InChI is InChI=1S/C13H17ClN2O2S/c14-7-4-8-15-9-11-16(12-10-15)19(17,18)13-5-2-1-3-6-13/h1-7H,8-12H2/b7-4+. The molecule has 0 N–H and O–H groups in total. The van der Waals surface area contributed by atoms with Crippen molar-refractivity contribution in [3.63, 3.8) is 0 Å². The quantitative estimate of drug-likeness (QED) is 0.850. The number of halogens is 1. The van der Waals surface area contributed by atoms with Crippen LogP contribution < -0.4 is 0 Å². The van der Waals surface area contributed by atoms with Crippen molar-refractivity contribution >= 4 is 21.6 Å². The molecule has 0 unspecified atom stereocenters. The molecule has 0 amide bonds. The molecule has 104 valence electrons. The summed E-state index contributed by atoms with van der Waals surface area (Å²) < 4.78 is 26.3. The van der Waals surface area contributed by atoms with Crippen molar-refractivity contribution in [1.82, 2.24) is 9.21 Å². The Morgan fingerprint density at radius 1 is 1.11 bits per heavy atom. The molecule has 0 aromatic heterocycles. The molecule has 0 saturated carbocycles. The number of sulfonamides is 1. The van der Waals surface area contributed by atoms with Crippen molar-refractivity contribution in [3.8, 4) is 0 Å². The summed E-state index contributed by atoms with van der Waals surface area (Å²) in [5.74, 6) is 0. The van der Waals surface area contributed by atoms with Gasteiger partial charge in [0, 0.05) is 38.3 Å². The van der Waals surface area contributed by atoms with Crippen LogP contribution in [-0.4, -0.2) is 50.3 Å². The second kappa shape index (κ2) is 6.52. The first-order valence-corrected chi connectivity index (χ1v) is 8.05. The highest BCUT2D eigenvalue weighted by molar-refractivity contribution is 7.89. The summed E-state index contributed by atoms with van der Waals surface area (Å²) in [6.07, 6.45) is 1.86. The maximum absolute atomic E-state index is 12.4. The van der Waals surface area contributed by atoms with Gasteiger partial charge in [0.1, 0.15) is 0 Å². The van der Waals surface area contributed by atoms with Crippen molar-refractivity contribution in [2.45, 2.75) is 4.90 Å². The van der Waals surface area contributed by atoms with Gasteiger partial charge in [-0.3, -0.25) is 4.90 Å². The van der Waals surface area contributed by atoms with E-state index in [1.807, 2.05) is 12.1 Å². The van der Waals surface area contributed by atoms with Gasteiger partial charge in [-0.15, -0.1) is 0 Å². The average molecular weight is 301 g/mol. The molecule has 0 radical (unpaired) electrons. The Bertz CT molecular complexity index is 523. The fourth-order valence-electron chi connectivity index (χ4n) is 2.08. The Hall–Kier alpha value is -0.880. The summed E-state index contributed by atoms with van der Waals surface area (Å²) >= 11 is 5.49. The number of hydrogen-bond acceptors (Lipinski definition) is 3. The summed E-state index contributed by atoms with van der Waals surface area (Å²) in [5.41, 5.74) is 1.49. The van der Waals surface area contributed by atoms with E-state index in [9.17, 15) is 8.42 Å². The molecule has 0 atom stereocenters. The van der Waals surface area contributed by atoms with Gasteiger partial charge in [0.25, 0.3) is 0 Å². The third kappa shape index (κ3) is 3.57. The van der Waals surface area contributed by atoms with Crippen LogP contribution in [0.5, 0.6) is 0 Å². The molecule has 6 heteroatoms. The van der Waals surface area contributed by atoms with E-state index in [0.29, 0.717) is 18.0 Å². The molecular formula is C13H17ClN2O2S. The monoisotopic (exact) mass is 300 g/mol. The second-order valence-corrected chi connectivity index (χ2v) is 6.57. The highest BCUT2D eigenvalue weighted by atomic mass is 35.5. The third-order valence-electron chi connectivity index (χ3n) is 3.16. The van der Waals surface area contributed by atoms with E-state index in [4.69, 9.17) is 11.6 Å². The van der Waals surface area contributed by atoms with Crippen LogP contribution in [0, 0.1) is 0 Å². The lowest BCUT2D eigenvalue weighted by atomic mass is 10.3. The lowest BCUT2D eigenvalue weighted by Crippen LogP contribution is -2.48. The molecule has 1 saturated heterocycles. The molecule has 4 nitrogen and oxygen atoms in total. The fourth-order valence-corrected chi connectivity index (χ4v) is 3.61. The minimum absolute atomic E-state index is 0.365. The van der Waals surface area contributed by atoms with Gasteiger partial charge >= 0.3 is 0 Å². The van der Waals surface area contributed by atoms with Gasteiger partial charge < -0.3 is 0 Å². The first-order chi connectivity index (χ1) is 9.14.